The Morgan fingerprint density at radius 1 is 1.07 bits per heavy atom. The van der Waals surface area contributed by atoms with Crippen molar-refractivity contribution in [3.63, 3.8) is 0 Å². The van der Waals surface area contributed by atoms with Gasteiger partial charge in [-0.2, -0.15) is 0 Å². The lowest BCUT2D eigenvalue weighted by Gasteiger charge is -2.21. The van der Waals surface area contributed by atoms with E-state index in [-0.39, 0.29) is 17.0 Å². The quantitative estimate of drug-likeness (QED) is 0.637. The lowest BCUT2D eigenvalue weighted by atomic mass is 10.1. The number of ether oxygens (including phenoxy) is 1. The number of carbonyl (C=O) groups excluding carboxylic acids is 1. The minimum absolute atomic E-state index is 0.160. The highest BCUT2D eigenvalue weighted by Crippen LogP contribution is 2.22. The number of hydrogen-bond acceptors (Lipinski definition) is 5. The van der Waals surface area contributed by atoms with E-state index < -0.39 is 0 Å². The van der Waals surface area contributed by atoms with Crippen LogP contribution in [0.15, 0.2) is 52.9 Å². The van der Waals surface area contributed by atoms with Gasteiger partial charge >= 0.3 is 0 Å². The molecule has 0 saturated heterocycles. The monoisotopic (exact) mass is 379 g/mol. The van der Waals surface area contributed by atoms with E-state index in [9.17, 15) is 4.79 Å². The molecule has 0 radical (unpaired) electrons. The third-order valence-electron chi connectivity index (χ3n) is 4.55. The third kappa shape index (κ3) is 4.17. The Kier molecular flexibility index (Phi) is 5.99. The summed E-state index contributed by atoms with van der Waals surface area (Å²) in [7, 11) is 0. The highest BCUT2D eigenvalue weighted by atomic mass is 16.5. The van der Waals surface area contributed by atoms with E-state index in [0.29, 0.717) is 17.9 Å². The van der Waals surface area contributed by atoms with Crippen LogP contribution in [0.4, 0.5) is 11.4 Å². The molecule has 0 aliphatic rings. The van der Waals surface area contributed by atoms with Crippen LogP contribution < -0.4 is 20.5 Å². The first-order valence-corrected chi connectivity index (χ1v) is 9.47. The molecule has 3 aromatic rings. The van der Waals surface area contributed by atoms with E-state index in [1.54, 1.807) is 30.3 Å². The Morgan fingerprint density at radius 3 is 2.43 bits per heavy atom. The van der Waals surface area contributed by atoms with Gasteiger partial charge in [-0.25, -0.2) is 0 Å². The van der Waals surface area contributed by atoms with Crippen molar-refractivity contribution in [3.8, 4) is 5.75 Å². The first-order chi connectivity index (χ1) is 13.5. The van der Waals surface area contributed by atoms with Crippen molar-refractivity contribution in [2.45, 2.75) is 20.8 Å². The molecule has 1 heterocycles. The number of anilines is 2. The molecule has 0 fully saturated rings. The fourth-order valence-corrected chi connectivity index (χ4v) is 3.07. The number of fused-ring (bicyclic) bond motifs is 1. The number of benzene rings is 2. The van der Waals surface area contributed by atoms with Gasteiger partial charge in [-0.05, 0) is 63.2 Å². The predicted octanol–water partition coefficient (Wildman–Crippen LogP) is 4.41. The van der Waals surface area contributed by atoms with Gasteiger partial charge in [0.15, 0.2) is 0 Å². The number of amides is 1. The van der Waals surface area contributed by atoms with E-state index >= 15 is 0 Å². The van der Waals surface area contributed by atoms with Crippen molar-refractivity contribution in [2.24, 2.45) is 0 Å². The van der Waals surface area contributed by atoms with Crippen molar-refractivity contribution in [1.29, 1.82) is 5.41 Å². The maximum absolute atomic E-state index is 12.6. The standard InChI is InChI=1S/C22H25N3O3/c1-4-25(5-2)17-10-7-15-13-19(21(23)28-20(15)14-17)22(26)24-16-8-11-18(12-9-16)27-6-3/h7-14,23H,4-6H2,1-3H3,(H,24,26). The Labute approximate surface area is 164 Å². The van der Waals surface area contributed by atoms with Crippen molar-refractivity contribution >= 4 is 28.3 Å². The van der Waals surface area contributed by atoms with Crippen LogP contribution in [0.5, 0.6) is 5.75 Å². The smallest absolute Gasteiger partial charge is 0.261 e. The van der Waals surface area contributed by atoms with Gasteiger partial charge in [0.05, 0.1) is 6.61 Å². The van der Waals surface area contributed by atoms with Gasteiger partial charge in [0.25, 0.3) is 5.91 Å². The Bertz CT molecular complexity index is 1020. The number of nitrogens with zero attached hydrogens (tertiary/aromatic N) is 1. The zero-order valence-corrected chi connectivity index (χ0v) is 16.4. The average Bonchev–Trinajstić information content (AvgIpc) is 2.70. The summed E-state index contributed by atoms with van der Waals surface area (Å²) in [5.74, 6) is 0.360. The Morgan fingerprint density at radius 2 is 1.79 bits per heavy atom. The number of nitrogens with one attached hydrogen (secondary N) is 2. The van der Waals surface area contributed by atoms with Crippen LogP contribution in [0.3, 0.4) is 0 Å². The van der Waals surface area contributed by atoms with Crippen LogP contribution in [0.25, 0.3) is 11.0 Å². The minimum atomic E-state index is -0.382. The van der Waals surface area contributed by atoms with Crippen molar-refractivity contribution in [3.05, 3.63) is 59.6 Å². The summed E-state index contributed by atoms with van der Waals surface area (Å²) in [6, 6.07) is 14.6. The molecule has 6 nitrogen and oxygen atoms in total. The molecule has 0 atom stereocenters. The zero-order valence-electron chi connectivity index (χ0n) is 16.4. The van der Waals surface area contributed by atoms with Crippen LogP contribution >= 0.6 is 0 Å². The molecule has 6 heteroatoms. The summed E-state index contributed by atoms with van der Waals surface area (Å²) in [4.78, 5) is 14.8. The highest BCUT2D eigenvalue weighted by Gasteiger charge is 2.13. The molecular formula is C22H25N3O3. The molecule has 0 spiro atoms. The number of rotatable bonds is 7. The molecule has 0 unspecified atom stereocenters. The average molecular weight is 379 g/mol. The lowest BCUT2D eigenvalue weighted by molar-refractivity contribution is 0.102. The molecule has 2 aromatic carbocycles. The van der Waals surface area contributed by atoms with Crippen LogP contribution in [0, 0.1) is 5.41 Å². The SMILES string of the molecule is CCOc1ccc(NC(=O)c2cc3ccc(N(CC)CC)cc3oc2=N)cc1. The molecule has 0 bridgehead atoms. The third-order valence-corrected chi connectivity index (χ3v) is 4.55. The summed E-state index contributed by atoms with van der Waals surface area (Å²) in [5, 5.41) is 11.7. The molecule has 28 heavy (non-hydrogen) atoms. The second-order valence-corrected chi connectivity index (χ2v) is 6.30. The summed E-state index contributed by atoms with van der Waals surface area (Å²) < 4.78 is 11.0. The highest BCUT2D eigenvalue weighted by molar-refractivity contribution is 6.05. The predicted molar refractivity (Wildman–Crippen MR) is 111 cm³/mol. The molecular weight excluding hydrogens is 354 g/mol. The summed E-state index contributed by atoms with van der Waals surface area (Å²) in [6.45, 7) is 8.46. The second kappa shape index (κ2) is 8.61. The van der Waals surface area contributed by atoms with Gasteiger partial charge in [0.1, 0.15) is 16.9 Å². The first-order valence-electron chi connectivity index (χ1n) is 9.47. The summed E-state index contributed by atoms with van der Waals surface area (Å²) >= 11 is 0. The van der Waals surface area contributed by atoms with Crippen LogP contribution in [0.2, 0.25) is 0 Å². The fourth-order valence-electron chi connectivity index (χ4n) is 3.07. The van der Waals surface area contributed by atoms with Crippen LogP contribution in [0.1, 0.15) is 31.1 Å². The zero-order chi connectivity index (χ0) is 20.1. The van der Waals surface area contributed by atoms with Crippen LogP contribution in [-0.2, 0) is 0 Å². The van der Waals surface area contributed by atoms with E-state index in [1.165, 1.54) is 0 Å². The van der Waals surface area contributed by atoms with E-state index in [0.717, 1.165) is 29.9 Å². The molecule has 0 saturated carbocycles. The molecule has 0 aliphatic carbocycles. The van der Waals surface area contributed by atoms with Gasteiger partial charge in [-0.3, -0.25) is 10.2 Å². The molecule has 1 amide bonds. The molecule has 3 rings (SSSR count). The lowest BCUT2D eigenvalue weighted by Crippen LogP contribution is -2.22. The maximum atomic E-state index is 12.6. The molecule has 1 aromatic heterocycles. The van der Waals surface area contributed by atoms with Gasteiger partial charge < -0.3 is 19.4 Å². The van der Waals surface area contributed by atoms with E-state index in [1.807, 2.05) is 25.1 Å². The number of carbonyl (C=O) groups is 1. The van der Waals surface area contributed by atoms with E-state index in [2.05, 4.69) is 24.1 Å². The Balaban J connectivity index is 1.86. The van der Waals surface area contributed by atoms with E-state index in [4.69, 9.17) is 14.6 Å². The largest absolute Gasteiger partial charge is 0.494 e. The van der Waals surface area contributed by atoms with Gasteiger partial charge in [-0.1, -0.05) is 0 Å². The van der Waals surface area contributed by atoms with Crippen molar-refractivity contribution in [2.75, 3.05) is 29.9 Å². The Hall–Kier alpha value is -3.28. The second-order valence-electron chi connectivity index (χ2n) is 6.30. The first kappa shape index (κ1) is 19.5. The fraction of sp³-hybridized carbons (Fsp3) is 0.273. The summed E-state index contributed by atoms with van der Waals surface area (Å²) in [6.07, 6.45) is 0. The van der Waals surface area contributed by atoms with Gasteiger partial charge in [0, 0.05) is 35.9 Å². The van der Waals surface area contributed by atoms with Gasteiger partial charge in [0.2, 0.25) is 5.55 Å². The molecule has 146 valence electrons. The van der Waals surface area contributed by atoms with Gasteiger partial charge in [-0.15, -0.1) is 0 Å². The number of hydrogen-bond donors (Lipinski definition) is 2. The molecule has 2 N–H and O–H groups in total. The van der Waals surface area contributed by atoms with Crippen molar-refractivity contribution in [1.82, 2.24) is 0 Å². The normalized spacial score (nSPS) is 10.7. The maximum Gasteiger partial charge on any atom is 0.261 e. The molecule has 0 aliphatic heterocycles. The topological polar surface area (TPSA) is 78.6 Å². The van der Waals surface area contributed by atoms with Crippen LogP contribution in [-0.4, -0.2) is 25.6 Å². The summed E-state index contributed by atoms with van der Waals surface area (Å²) in [5.41, 5.74) is 2.29. The minimum Gasteiger partial charge on any atom is -0.494 e. The van der Waals surface area contributed by atoms with Crippen molar-refractivity contribution < 1.29 is 13.9 Å².